The first-order valence-electron chi connectivity index (χ1n) is 7.04. The molecule has 2 N–H and O–H groups in total. The Hall–Kier alpha value is -1.30. The van der Waals surface area contributed by atoms with E-state index in [1.54, 1.807) is 11.8 Å². The van der Waals surface area contributed by atoms with Gasteiger partial charge >= 0.3 is 12.0 Å². The van der Waals surface area contributed by atoms with Crippen LogP contribution in [0.3, 0.4) is 0 Å². The van der Waals surface area contributed by atoms with Gasteiger partial charge in [0.25, 0.3) is 0 Å². The molecule has 19 heavy (non-hydrogen) atoms. The van der Waals surface area contributed by atoms with Crippen molar-refractivity contribution in [1.82, 2.24) is 15.1 Å². The fourth-order valence-corrected chi connectivity index (χ4v) is 2.24. The topological polar surface area (TPSA) is 72.9 Å². The molecule has 1 unspecified atom stereocenters. The van der Waals surface area contributed by atoms with Gasteiger partial charge < -0.3 is 15.3 Å². The molecule has 0 spiro atoms. The molecule has 0 aromatic heterocycles. The first kappa shape index (κ1) is 14.1. The van der Waals surface area contributed by atoms with E-state index in [4.69, 9.17) is 5.11 Å². The van der Waals surface area contributed by atoms with Crippen LogP contribution in [0.1, 0.15) is 19.8 Å². The fraction of sp³-hybridized carbons (Fsp3) is 0.846. The Bertz CT molecular complexity index is 336. The van der Waals surface area contributed by atoms with E-state index in [0.717, 1.165) is 32.1 Å². The molecule has 2 amide bonds. The van der Waals surface area contributed by atoms with Gasteiger partial charge in [-0.3, -0.25) is 9.69 Å². The first-order chi connectivity index (χ1) is 9.06. The summed E-state index contributed by atoms with van der Waals surface area (Å²) in [5.74, 6) is -0.536. The van der Waals surface area contributed by atoms with E-state index < -0.39 is 11.9 Å². The largest absolute Gasteiger partial charge is 0.481 e. The first-order valence-corrected chi connectivity index (χ1v) is 7.04. The summed E-state index contributed by atoms with van der Waals surface area (Å²) in [6, 6.07) is -0.140. The highest BCUT2D eigenvalue weighted by Crippen LogP contribution is 2.29. The third kappa shape index (κ3) is 4.38. The number of carbonyl (C=O) groups excluding carboxylic acids is 1. The molecular formula is C13H23N3O3. The summed E-state index contributed by atoms with van der Waals surface area (Å²) in [5.41, 5.74) is 0. The van der Waals surface area contributed by atoms with E-state index in [2.05, 4.69) is 10.2 Å². The normalized spacial score (nSPS) is 22.1. The number of piperazine rings is 1. The molecule has 0 bridgehead atoms. The summed E-state index contributed by atoms with van der Waals surface area (Å²) in [7, 11) is 0. The molecule has 0 radical (unpaired) electrons. The Balaban J connectivity index is 1.65. The van der Waals surface area contributed by atoms with Crippen molar-refractivity contribution in [3.63, 3.8) is 0 Å². The lowest BCUT2D eigenvalue weighted by atomic mass is 10.2. The van der Waals surface area contributed by atoms with Gasteiger partial charge in [0.05, 0.1) is 5.92 Å². The van der Waals surface area contributed by atoms with Gasteiger partial charge in [-0.05, 0) is 18.8 Å². The third-order valence-corrected chi connectivity index (χ3v) is 3.85. The molecule has 1 atom stereocenters. The van der Waals surface area contributed by atoms with Crippen LogP contribution in [0.4, 0.5) is 4.79 Å². The summed E-state index contributed by atoms with van der Waals surface area (Å²) < 4.78 is 0. The van der Waals surface area contributed by atoms with Crippen molar-refractivity contribution in [3.05, 3.63) is 0 Å². The van der Waals surface area contributed by atoms with Crippen LogP contribution >= 0.6 is 0 Å². The summed E-state index contributed by atoms with van der Waals surface area (Å²) in [5, 5.41) is 11.4. The summed E-state index contributed by atoms with van der Waals surface area (Å²) in [4.78, 5) is 26.7. The minimum atomic E-state index is -0.880. The Kier molecular flexibility index (Phi) is 4.63. The van der Waals surface area contributed by atoms with E-state index in [0.29, 0.717) is 0 Å². The molecule has 1 saturated carbocycles. The molecule has 2 aliphatic rings. The smallest absolute Gasteiger partial charge is 0.317 e. The van der Waals surface area contributed by atoms with Crippen molar-refractivity contribution in [1.29, 1.82) is 0 Å². The van der Waals surface area contributed by atoms with E-state index in [1.807, 2.05) is 0 Å². The second kappa shape index (κ2) is 6.23. The van der Waals surface area contributed by atoms with Crippen LogP contribution in [-0.4, -0.2) is 66.2 Å². The third-order valence-electron chi connectivity index (χ3n) is 3.85. The van der Waals surface area contributed by atoms with Crippen LogP contribution in [0.2, 0.25) is 0 Å². The van der Waals surface area contributed by atoms with E-state index in [9.17, 15) is 9.59 Å². The molecule has 6 nitrogen and oxygen atoms in total. The molecule has 6 heteroatoms. The van der Waals surface area contributed by atoms with Gasteiger partial charge in [-0.1, -0.05) is 6.92 Å². The molecule has 1 aliphatic carbocycles. The van der Waals surface area contributed by atoms with Crippen LogP contribution in [0.15, 0.2) is 0 Å². The maximum atomic E-state index is 11.9. The number of amides is 2. The van der Waals surface area contributed by atoms with Gasteiger partial charge in [0.2, 0.25) is 0 Å². The fourth-order valence-electron chi connectivity index (χ4n) is 2.24. The quantitative estimate of drug-likeness (QED) is 0.760. The Morgan fingerprint density at radius 1 is 1.26 bits per heavy atom. The second-order valence-electron chi connectivity index (χ2n) is 5.66. The van der Waals surface area contributed by atoms with Gasteiger partial charge in [0.15, 0.2) is 0 Å². The summed E-state index contributed by atoms with van der Waals surface area (Å²) in [6.07, 6.45) is 2.71. The molecule has 0 aromatic carbocycles. The van der Waals surface area contributed by atoms with E-state index in [1.165, 1.54) is 19.4 Å². The molecule has 108 valence electrons. The minimum absolute atomic E-state index is 0.140. The van der Waals surface area contributed by atoms with Crippen molar-refractivity contribution >= 4 is 12.0 Å². The highest BCUT2D eigenvalue weighted by Gasteiger charge is 2.27. The zero-order valence-corrected chi connectivity index (χ0v) is 11.5. The molecular weight excluding hydrogens is 246 g/mol. The predicted octanol–water partition coefficient (Wildman–Crippen LogP) is 0.444. The predicted molar refractivity (Wildman–Crippen MR) is 70.9 cm³/mol. The van der Waals surface area contributed by atoms with Gasteiger partial charge in [0.1, 0.15) is 0 Å². The zero-order valence-electron chi connectivity index (χ0n) is 11.5. The van der Waals surface area contributed by atoms with Crippen molar-refractivity contribution in [2.24, 2.45) is 11.8 Å². The number of carboxylic acid groups (broad SMARTS) is 1. The van der Waals surface area contributed by atoms with Crippen molar-refractivity contribution in [2.45, 2.75) is 19.8 Å². The molecule has 1 saturated heterocycles. The molecule has 0 aromatic rings. The van der Waals surface area contributed by atoms with Gasteiger partial charge in [-0.25, -0.2) is 4.79 Å². The van der Waals surface area contributed by atoms with Crippen LogP contribution in [-0.2, 0) is 4.79 Å². The molecule has 2 rings (SSSR count). The van der Waals surface area contributed by atoms with Crippen molar-refractivity contribution in [2.75, 3.05) is 39.3 Å². The van der Waals surface area contributed by atoms with Gasteiger partial charge in [0, 0.05) is 39.3 Å². The Morgan fingerprint density at radius 3 is 2.42 bits per heavy atom. The summed E-state index contributed by atoms with van der Waals surface area (Å²) >= 11 is 0. The van der Waals surface area contributed by atoms with Crippen LogP contribution in [0.25, 0.3) is 0 Å². The number of nitrogens with one attached hydrogen (secondary N) is 1. The maximum Gasteiger partial charge on any atom is 0.317 e. The maximum absolute atomic E-state index is 11.9. The number of carboxylic acids is 1. The average Bonchev–Trinajstić information content (AvgIpc) is 3.20. The Labute approximate surface area is 113 Å². The number of rotatable bonds is 5. The van der Waals surface area contributed by atoms with E-state index >= 15 is 0 Å². The zero-order chi connectivity index (χ0) is 13.8. The molecule has 1 aliphatic heterocycles. The number of carbonyl (C=O) groups is 2. The number of nitrogens with zero attached hydrogens (tertiary/aromatic N) is 2. The SMILES string of the molecule is CC(CNC(=O)N1CCN(CC2CC2)CC1)C(=O)O. The molecule has 1 heterocycles. The van der Waals surface area contributed by atoms with Crippen LogP contribution in [0, 0.1) is 11.8 Å². The lowest BCUT2D eigenvalue weighted by Gasteiger charge is -2.34. The second-order valence-corrected chi connectivity index (χ2v) is 5.66. The lowest BCUT2D eigenvalue weighted by Crippen LogP contribution is -2.52. The monoisotopic (exact) mass is 269 g/mol. The van der Waals surface area contributed by atoms with Crippen molar-refractivity contribution < 1.29 is 14.7 Å². The number of hydrogen-bond donors (Lipinski definition) is 2. The lowest BCUT2D eigenvalue weighted by molar-refractivity contribution is -0.140. The summed E-state index contributed by atoms with van der Waals surface area (Å²) in [6.45, 7) is 6.29. The van der Waals surface area contributed by atoms with Gasteiger partial charge in [-0.15, -0.1) is 0 Å². The Morgan fingerprint density at radius 2 is 1.89 bits per heavy atom. The van der Waals surface area contributed by atoms with Crippen LogP contribution < -0.4 is 5.32 Å². The van der Waals surface area contributed by atoms with Crippen molar-refractivity contribution in [3.8, 4) is 0 Å². The van der Waals surface area contributed by atoms with E-state index in [-0.39, 0.29) is 12.6 Å². The minimum Gasteiger partial charge on any atom is -0.481 e. The standard InChI is InChI=1S/C13H23N3O3/c1-10(12(17)18)8-14-13(19)16-6-4-15(5-7-16)9-11-2-3-11/h10-11H,2-9H2,1H3,(H,14,19)(H,17,18). The highest BCUT2D eigenvalue weighted by molar-refractivity contribution is 5.76. The average molecular weight is 269 g/mol. The highest BCUT2D eigenvalue weighted by atomic mass is 16.4. The van der Waals surface area contributed by atoms with Crippen LogP contribution in [0.5, 0.6) is 0 Å². The molecule has 2 fully saturated rings. The number of urea groups is 1. The number of hydrogen-bond acceptors (Lipinski definition) is 3. The number of aliphatic carboxylic acids is 1. The van der Waals surface area contributed by atoms with Gasteiger partial charge in [-0.2, -0.15) is 0 Å².